The summed E-state index contributed by atoms with van der Waals surface area (Å²) in [6, 6.07) is 5.78. The molecule has 0 atom stereocenters. The van der Waals surface area contributed by atoms with E-state index < -0.39 is 0 Å². The normalized spacial score (nSPS) is 10.4. The van der Waals surface area contributed by atoms with E-state index in [4.69, 9.17) is 20.9 Å². The molecule has 18 heavy (non-hydrogen) atoms. The van der Waals surface area contributed by atoms with E-state index in [0.717, 1.165) is 21.7 Å². The van der Waals surface area contributed by atoms with E-state index in [9.17, 15) is 0 Å². The van der Waals surface area contributed by atoms with Gasteiger partial charge in [0.2, 0.25) is 0 Å². The smallest absolute Gasteiger partial charge is 0.161 e. The molecule has 4 N–H and O–H groups in total. The SMILES string of the molecule is COc1ccc(-c2csc(N)c2CN)cc1OC. The maximum atomic E-state index is 5.90. The molecule has 1 aromatic carbocycles. The molecular weight excluding hydrogens is 248 g/mol. The summed E-state index contributed by atoms with van der Waals surface area (Å²) in [6.45, 7) is 0.430. The van der Waals surface area contributed by atoms with E-state index in [2.05, 4.69) is 0 Å². The van der Waals surface area contributed by atoms with Crippen LogP contribution in [0, 0.1) is 0 Å². The van der Waals surface area contributed by atoms with Gasteiger partial charge in [0, 0.05) is 17.5 Å². The zero-order chi connectivity index (χ0) is 13.1. The predicted molar refractivity (Wildman–Crippen MR) is 75.2 cm³/mol. The second-order valence-electron chi connectivity index (χ2n) is 3.77. The van der Waals surface area contributed by atoms with Crippen molar-refractivity contribution in [3.63, 3.8) is 0 Å². The molecule has 0 aliphatic heterocycles. The molecule has 5 heteroatoms. The molecule has 2 rings (SSSR count). The summed E-state index contributed by atoms with van der Waals surface area (Å²) >= 11 is 1.50. The van der Waals surface area contributed by atoms with Gasteiger partial charge in [0.05, 0.1) is 19.2 Å². The lowest BCUT2D eigenvalue weighted by molar-refractivity contribution is 0.355. The molecule has 0 aliphatic rings. The van der Waals surface area contributed by atoms with Crippen molar-refractivity contribution in [1.82, 2.24) is 0 Å². The van der Waals surface area contributed by atoms with Crippen LogP contribution in [0.4, 0.5) is 5.00 Å². The molecule has 0 amide bonds. The van der Waals surface area contributed by atoms with Crippen LogP contribution in [-0.2, 0) is 6.54 Å². The number of hydrogen-bond acceptors (Lipinski definition) is 5. The molecular formula is C13H16N2O2S. The number of ether oxygens (including phenoxy) is 2. The molecule has 0 unspecified atom stereocenters. The highest BCUT2D eigenvalue weighted by atomic mass is 32.1. The first-order valence-corrected chi connectivity index (χ1v) is 6.37. The minimum atomic E-state index is 0.430. The molecule has 1 aromatic heterocycles. The van der Waals surface area contributed by atoms with Gasteiger partial charge in [-0.1, -0.05) is 6.07 Å². The predicted octanol–water partition coefficient (Wildman–Crippen LogP) is 2.47. The third-order valence-corrected chi connectivity index (χ3v) is 3.68. The summed E-state index contributed by atoms with van der Waals surface area (Å²) in [5.41, 5.74) is 14.7. The highest BCUT2D eigenvalue weighted by molar-refractivity contribution is 7.14. The highest BCUT2D eigenvalue weighted by Gasteiger charge is 2.12. The van der Waals surface area contributed by atoms with Gasteiger partial charge in [-0.2, -0.15) is 0 Å². The van der Waals surface area contributed by atoms with Crippen LogP contribution in [0.15, 0.2) is 23.6 Å². The molecule has 0 fully saturated rings. The Hall–Kier alpha value is -1.72. The quantitative estimate of drug-likeness (QED) is 0.890. The fourth-order valence-corrected chi connectivity index (χ4v) is 2.71. The average molecular weight is 264 g/mol. The monoisotopic (exact) mass is 264 g/mol. The van der Waals surface area contributed by atoms with Crippen molar-refractivity contribution < 1.29 is 9.47 Å². The van der Waals surface area contributed by atoms with Crippen LogP contribution in [0.1, 0.15) is 5.56 Å². The maximum absolute atomic E-state index is 5.90. The van der Waals surface area contributed by atoms with Crippen LogP contribution in [0.3, 0.4) is 0 Å². The first-order valence-electron chi connectivity index (χ1n) is 5.49. The molecule has 1 heterocycles. The van der Waals surface area contributed by atoms with Crippen LogP contribution < -0.4 is 20.9 Å². The Balaban J connectivity index is 2.50. The summed E-state index contributed by atoms with van der Waals surface area (Å²) in [6.07, 6.45) is 0. The van der Waals surface area contributed by atoms with Gasteiger partial charge in [0.1, 0.15) is 0 Å². The Morgan fingerprint density at radius 2 is 1.89 bits per heavy atom. The molecule has 0 spiro atoms. The summed E-state index contributed by atoms with van der Waals surface area (Å²) < 4.78 is 10.5. The van der Waals surface area contributed by atoms with Gasteiger partial charge in [0.25, 0.3) is 0 Å². The van der Waals surface area contributed by atoms with Crippen molar-refractivity contribution in [1.29, 1.82) is 0 Å². The third-order valence-electron chi connectivity index (χ3n) is 2.82. The van der Waals surface area contributed by atoms with Gasteiger partial charge in [-0.15, -0.1) is 11.3 Å². The Morgan fingerprint density at radius 3 is 2.50 bits per heavy atom. The summed E-state index contributed by atoms with van der Waals surface area (Å²) in [5, 5.41) is 2.78. The summed E-state index contributed by atoms with van der Waals surface area (Å²) in [7, 11) is 3.23. The molecule has 0 saturated carbocycles. The van der Waals surface area contributed by atoms with Gasteiger partial charge < -0.3 is 20.9 Å². The number of methoxy groups -OCH3 is 2. The fourth-order valence-electron chi connectivity index (χ4n) is 1.85. The Kier molecular flexibility index (Phi) is 3.74. The van der Waals surface area contributed by atoms with Gasteiger partial charge in [-0.25, -0.2) is 0 Å². The first-order chi connectivity index (χ1) is 8.71. The minimum Gasteiger partial charge on any atom is -0.493 e. The zero-order valence-electron chi connectivity index (χ0n) is 10.4. The van der Waals surface area contributed by atoms with Gasteiger partial charge in [0.15, 0.2) is 11.5 Å². The number of anilines is 1. The van der Waals surface area contributed by atoms with Crippen molar-refractivity contribution in [3.8, 4) is 22.6 Å². The van der Waals surface area contributed by atoms with Gasteiger partial charge in [-0.05, 0) is 23.3 Å². The second kappa shape index (κ2) is 5.29. The number of rotatable bonds is 4. The van der Waals surface area contributed by atoms with E-state index in [0.29, 0.717) is 18.0 Å². The van der Waals surface area contributed by atoms with Crippen molar-refractivity contribution in [2.45, 2.75) is 6.54 Å². The van der Waals surface area contributed by atoms with Crippen molar-refractivity contribution in [3.05, 3.63) is 29.1 Å². The third kappa shape index (κ3) is 2.14. The number of thiophene rings is 1. The molecule has 0 radical (unpaired) electrons. The lowest BCUT2D eigenvalue weighted by atomic mass is 10.0. The van der Waals surface area contributed by atoms with Crippen molar-refractivity contribution >= 4 is 16.3 Å². The van der Waals surface area contributed by atoms with Crippen LogP contribution in [0.5, 0.6) is 11.5 Å². The Morgan fingerprint density at radius 1 is 1.17 bits per heavy atom. The van der Waals surface area contributed by atoms with Crippen LogP contribution in [0.25, 0.3) is 11.1 Å². The number of nitrogens with two attached hydrogens (primary N) is 2. The number of benzene rings is 1. The largest absolute Gasteiger partial charge is 0.493 e. The lowest BCUT2D eigenvalue weighted by Gasteiger charge is -2.10. The van der Waals surface area contributed by atoms with E-state index in [1.165, 1.54) is 11.3 Å². The second-order valence-corrected chi connectivity index (χ2v) is 4.68. The minimum absolute atomic E-state index is 0.430. The fraction of sp³-hybridized carbons (Fsp3) is 0.231. The van der Waals surface area contributed by atoms with Gasteiger partial charge in [-0.3, -0.25) is 0 Å². The molecule has 96 valence electrons. The van der Waals surface area contributed by atoms with E-state index in [1.807, 2.05) is 23.6 Å². The lowest BCUT2D eigenvalue weighted by Crippen LogP contribution is -2.00. The molecule has 0 saturated heterocycles. The molecule has 4 nitrogen and oxygen atoms in total. The van der Waals surface area contributed by atoms with Crippen molar-refractivity contribution in [2.75, 3.05) is 20.0 Å². The molecule has 2 aromatic rings. The maximum Gasteiger partial charge on any atom is 0.161 e. The van der Waals surface area contributed by atoms with Crippen LogP contribution in [0.2, 0.25) is 0 Å². The van der Waals surface area contributed by atoms with Crippen LogP contribution in [-0.4, -0.2) is 14.2 Å². The Labute approximate surface area is 110 Å². The van der Waals surface area contributed by atoms with Crippen LogP contribution >= 0.6 is 11.3 Å². The topological polar surface area (TPSA) is 70.5 Å². The first kappa shape index (κ1) is 12.7. The van der Waals surface area contributed by atoms with Gasteiger partial charge >= 0.3 is 0 Å². The molecule has 0 aliphatic carbocycles. The van der Waals surface area contributed by atoms with E-state index in [-0.39, 0.29) is 0 Å². The zero-order valence-corrected chi connectivity index (χ0v) is 11.2. The highest BCUT2D eigenvalue weighted by Crippen LogP contribution is 2.37. The number of hydrogen-bond donors (Lipinski definition) is 2. The Bertz CT molecular complexity index is 552. The molecule has 0 bridgehead atoms. The van der Waals surface area contributed by atoms with E-state index >= 15 is 0 Å². The number of nitrogen functional groups attached to an aromatic ring is 1. The standard InChI is InChI=1S/C13H16N2O2S/c1-16-11-4-3-8(5-12(11)17-2)10-7-18-13(15)9(10)6-14/h3-5,7H,6,14-15H2,1-2H3. The van der Waals surface area contributed by atoms with Crippen molar-refractivity contribution in [2.24, 2.45) is 5.73 Å². The average Bonchev–Trinajstić information content (AvgIpc) is 2.78. The van der Waals surface area contributed by atoms with E-state index in [1.54, 1.807) is 14.2 Å². The summed E-state index contributed by atoms with van der Waals surface area (Å²) in [4.78, 5) is 0. The summed E-state index contributed by atoms with van der Waals surface area (Å²) in [5.74, 6) is 1.40.